The molecule has 1 aliphatic heterocycles. The topological polar surface area (TPSA) is 29.1 Å². The number of terminal acetylenes is 1. The van der Waals surface area contributed by atoms with Crippen molar-refractivity contribution in [1.82, 2.24) is 0 Å². The number of rotatable bonds is 0. The number of hydrogen-bond acceptors (Lipinski definition) is 2. The first-order valence-electron chi connectivity index (χ1n) is 4.19. The van der Waals surface area contributed by atoms with E-state index in [1.165, 1.54) is 0 Å². The molecule has 64 valence electrons. The molecule has 2 heteroatoms. The van der Waals surface area contributed by atoms with Crippen molar-refractivity contribution in [3.8, 4) is 12.3 Å². The van der Waals surface area contributed by atoms with E-state index in [2.05, 4.69) is 11.2 Å². The van der Waals surface area contributed by atoms with Crippen LogP contribution in [0.25, 0.3) is 0 Å². The average Bonchev–Trinajstić information content (AvgIpc) is 2.18. The maximum atomic E-state index is 11.4. The summed E-state index contributed by atoms with van der Waals surface area (Å²) in [5.74, 6) is 2.73. The van der Waals surface area contributed by atoms with Gasteiger partial charge in [0, 0.05) is 29.8 Å². The van der Waals surface area contributed by atoms with Gasteiger partial charge in [-0.1, -0.05) is 5.92 Å². The predicted octanol–water partition coefficient (Wildman–Crippen LogP) is 1.67. The van der Waals surface area contributed by atoms with Crippen LogP contribution in [0.5, 0.6) is 0 Å². The first-order valence-corrected chi connectivity index (χ1v) is 4.19. The fourth-order valence-corrected chi connectivity index (χ4v) is 1.47. The van der Waals surface area contributed by atoms with E-state index in [0.717, 1.165) is 16.8 Å². The summed E-state index contributed by atoms with van der Waals surface area (Å²) in [5.41, 5.74) is 2.43. The largest absolute Gasteiger partial charge is 0.384 e. The molecule has 0 radical (unpaired) electrons. The van der Waals surface area contributed by atoms with Gasteiger partial charge in [-0.2, -0.15) is 0 Å². The molecule has 0 amide bonds. The summed E-state index contributed by atoms with van der Waals surface area (Å²) in [7, 11) is 0. The molecule has 0 bridgehead atoms. The number of benzene rings is 1. The summed E-state index contributed by atoms with van der Waals surface area (Å²) < 4.78 is 0. The van der Waals surface area contributed by atoms with Gasteiger partial charge in [0.15, 0.2) is 5.78 Å². The quantitative estimate of drug-likeness (QED) is 0.601. The third-order valence-corrected chi connectivity index (χ3v) is 2.15. The van der Waals surface area contributed by atoms with Crippen molar-refractivity contribution in [2.24, 2.45) is 0 Å². The van der Waals surface area contributed by atoms with Gasteiger partial charge in [0.05, 0.1) is 0 Å². The Morgan fingerprint density at radius 1 is 1.46 bits per heavy atom. The molecule has 0 saturated heterocycles. The van der Waals surface area contributed by atoms with Gasteiger partial charge in [-0.25, -0.2) is 0 Å². The Morgan fingerprint density at radius 2 is 2.31 bits per heavy atom. The number of hydrogen-bond donors (Lipinski definition) is 1. The summed E-state index contributed by atoms with van der Waals surface area (Å²) in [6.45, 7) is 0.708. The van der Waals surface area contributed by atoms with Crippen molar-refractivity contribution in [3.05, 3.63) is 29.3 Å². The van der Waals surface area contributed by atoms with E-state index in [1.807, 2.05) is 6.07 Å². The van der Waals surface area contributed by atoms with Crippen LogP contribution in [0.2, 0.25) is 0 Å². The van der Waals surface area contributed by atoms with E-state index < -0.39 is 0 Å². The SMILES string of the molecule is C#Cc1ccc2c(c1)NCCC2=O. The zero-order chi connectivity index (χ0) is 9.26. The van der Waals surface area contributed by atoms with Crippen LogP contribution in [-0.4, -0.2) is 12.3 Å². The summed E-state index contributed by atoms with van der Waals surface area (Å²) >= 11 is 0. The van der Waals surface area contributed by atoms with E-state index in [9.17, 15) is 4.79 Å². The second-order valence-electron chi connectivity index (χ2n) is 3.00. The molecular formula is C11H9NO. The number of ketones is 1. The predicted molar refractivity (Wildman–Crippen MR) is 51.8 cm³/mol. The Kier molecular flexibility index (Phi) is 1.79. The number of anilines is 1. The van der Waals surface area contributed by atoms with Crippen molar-refractivity contribution in [2.75, 3.05) is 11.9 Å². The Bertz CT molecular complexity index is 401. The molecule has 0 aliphatic carbocycles. The molecule has 0 atom stereocenters. The van der Waals surface area contributed by atoms with E-state index in [0.29, 0.717) is 13.0 Å². The normalized spacial score (nSPS) is 14.2. The van der Waals surface area contributed by atoms with Gasteiger partial charge in [-0.05, 0) is 18.2 Å². The third kappa shape index (κ3) is 1.29. The van der Waals surface area contributed by atoms with Crippen LogP contribution < -0.4 is 5.32 Å². The lowest BCUT2D eigenvalue weighted by molar-refractivity contribution is 0.0984. The second-order valence-corrected chi connectivity index (χ2v) is 3.00. The molecule has 0 spiro atoms. The average molecular weight is 171 g/mol. The standard InChI is InChI=1S/C11H9NO/c1-2-8-3-4-9-10(7-8)12-6-5-11(9)13/h1,3-4,7,12H,5-6H2. The molecule has 1 heterocycles. The maximum absolute atomic E-state index is 11.4. The van der Waals surface area contributed by atoms with Gasteiger partial charge in [-0.15, -0.1) is 6.42 Å². The van der Waals surface area contributed by atoms with Crippen molar-refractivity contribution in [2.45, 2.75) is 6.42 Å². The van der Waals surface area contributed by atoms with E-state index in [1.54, 1.807) is 12.1 Å². The Balaban J connectivity index is 2.53. The second kappa shape index (κ2) is 2.95. The molecule has 0 unspecified atom stereocenters. The number of nitrogens with one attached hydrogen (secondary N) is 1. The van der Waals surface area contributed by atoms with Crippen molar-refractivity contribution in [1.29, 1.82) is 0 Å². The van der Waals surface area contributed by atoms with Crippen LogP contribution in [0.3, 0.4) is 0 Å². The highest BCUT2D eigenvalue weighted by molar-refractivity contribution is 6.03. The summed E-state index contributed by atoms with van der Waals surface area (Å²) in [4.78, 5) is 11.4. The van der Waals surface area contributed by atoms with Crippen molar-refractivity contribution in [3.63, 3.8) is 0 Å². The lowest BCUT2D eigenvalue weighted by atomic mass is 10.0. The molecule has 0 fully saturated rings. The van der Waals surface area contributed by atoms with Crippen LogP contribution >= 0.6 is 0 Å². The highest BCUT2D eigenvalue weighted by Crippen LogP contribution is 2.22. The molecule has 1 aliphatic rings. The molecular weight excluding hydrogens is 162 g/mol. The first-order chi connectivity index (χ1) is 6.31. The van der Waals surface area contributed by atoms with Crippen LogP contribution in [0, 0.1) is 12.3 Å². The van der Waals surface area contributed by atoms with Crippen LogP contribution in [0.4, 0.5) is 5.69 Å². The monoisotopic (exact) mass is 171 g/mol. The van der Waals surface area contributed by atoms with Gasteiger partial charge < -0.3 is 5.32 Å². The Labute approximate surface area is 77.0 Å². The molecule has 1 aromatic rings. The summed E-state index contributed by atoms with van der Waals surface area (Å²) in [6.07, 6.45) is 5.83. The molecule has 13 heavy (non-hydrogen) atoms. The highest BCUT2D eigenvalue weighted by Gasteiger charge is 2.15. The molecule has 1 aromatic carbocycles. The first kappa shape index (κ1) is 7.88. The molecule has 2 rings (SSSR count). The smallest absolute Gasteiger partial charge is 0.166 e. The number of Topliss-reactive ketones (excluding diaryl/α,β-unsaturated/α-hetero) is 1. The zero-order valence-electron chi connectivity index (χ0n) is 7.13. The molecule has 2 nitrogen and oxygen atoms in total. The van der Waals surface area contributed by atoms with E-state index >= 15 is 0 Å². The summed E-state index contributed by atoms with van der Waals surface area (Å²) in [6, 6.07) is 5.43. The Morgan fingerprint density at radius 3 is 3.08 bits per heavy atom. The van der Waals surface area contributed by atoms with Gasteiger partial charge in [-0.3, -0.25) is 4.79 Å². The van der Waals surface area contributed by atoms with E-state index in [4.69, 9.17) is 6.42 Å². The number of carbonyl (C=O) groups excluding carboxylic acids is 1. The van der Waals surface area contributed by atoms with Gasteiger partial charge in [0.1, 0.15) is 0 Å². The lowest BCUT2D eigenvalue weighted by Crippen LogP contribution is -2.17. The minimum atomic E-state index is 0.192. The fourth-order valence-electron chi connectivity index (χ4n) is 1.47. The zero-order valence-corrected chi connectivity index (χ0v) is 7.13. The fraction of sp³-hybridized carbons (Fsp3) is 0.182. The molecule has 1 N–H and O–H groups in total. The minimum Gasteiger partial charge on any atom is -0.384 e. The Hall–Kier alpha value is -1.75. The van der Waals surface area contributed by atoms with Gasteiger partial charge in [0.25, 0.3) is 0 Å². The van der Waals surface area contributed by atoms with Gasteiger partial charge in [0.2, 0.25) is 0 Å². The lowest BCUT2D eigenvalue weighted by Gasteiger charge is -2.16. The third-order valence-electron chi connectivity index (χ3n) is 2.15. The van der Waals surface area contributed by atoms with Crippen molar-refractivity contribution < 1.29 is 4.79 Å². The number of fused-ring (bicyclic) bond motifs is 1. The highest BCUT2D eigenvalue weighted by atomic mass is 16.1. The van der Waals surface area contributed by atoms with Gasteiger partial charge >= 0.3 is 0 Å². The summed E-state index contributed by atoms with van der Waals surface area (Å²) in [5, 5.41) is 3.15. The molecule has 0 saturated carbocycles. The van der Waals surface area contributed by atoms with Crippen LogP contribution in [0.1, 0.15) is 22.3 Å². The van der Waals surface area contributed by atoms with Crippen molar-refractivity contribution >= 4 is 11.5 Å². The minimum absolute atomic E-state index is 0.192. The molecule has 0 aromatic heterocycles. The number of carbonyl (C=O) groups is 1. The van der Waals surface area contributed by atoms with Crippen LogP contribution in [0.15, 0.2) is 18.2 Å². The maximum Gasteiger partial charge on any atom is 0.166 e. The van der Waals surface area contributed by atoms with Crippen LogP contribution in [-0.2, 0) is 0 Å². The van der Waals surface area contributed by atoms with E-state index in [-0.39, 0.29) is 5.78 Å².